The van der Waals surface area contributed by atoms with Gasteiger partial charge in [-0.25, -0.2) is 0 Å². The lowest BCUT2D eigenvalue weighted by Crippen LogP contribution is -2.64. The van der Waals surface area contributed by atoms with Gasteiger partial charge in [-0.1, -0.05) is 0 Å². The van der Waals surface area contributed by atoms with E-state index in [4.69, 9.17) is 14.7 Å². The van der Waals surface area contributed by atoms with Gasteiger partial charge in [0.2, 0.25) is 0 Å². The minimum absolute atomic E-state index is 0.559. The summed E-state index contributed by atoms with van der Waals surface area (Å²) in [5.74, 6) is 0. The molecule has 1 fully saturated rings. The van der Waals surface area contributed by atoms with E-state index in [1.807, 2.05) is 0 Å². The minimum Gasteiger partial charge on any atom is -0.394 e. The molecule has 8 N–H and O–H groups in total. The lowest BCUT2D eigenvalue weighted by atomic mass is 9.85. The molecule has 0 aromatic rings. The van der Waals surface area contributed by atoms with Gasteiger partial charge in [-0.2, -0.15) is 0 Å². The van der Waals surface area contributed by atoms with E-state index in [2.05, 4.69) is 16.3 Å². The molecule has 21 heavy (non-hydrogen) atoms. The minimum atomic E-state index is -4.04. The second-order valence-electron chi connectivity index (χ2n) is 4.62. The highest BCUT2D eigenvalue weighted by molar-refractivity contribution is 8.07. The molecule has 0 bridgehead atoms. The highest BCUT2D eigenvalue weighted by atomic mass is 32.5. The Labute approximate surface area is 125 Å². The van der Waals surface area contributed by atoms with Gasteiger partial charge >= 0.3 is 6.72 Å². The molecule has 0 saturated heterocycles. The van der Waals surface area contributed by atoms with Crippen molar-refractivity contribution in [3.8, 4) is 0 Å². The van der Waals surface area contributed by atoms with Crippen LogP contribution in [0.4, 0.5) is 0 Å². The first-order valence-electron chi connectivity index (χ1n) is 5.95. The first kappa shape index (κ1) is 19.3. The van der Waals surface area contributed by atoms with E-state index in [1.54, 1.807) is 0 Å². The molecule has 0 heterocycles. The van der Waals surface area contributed by atoms with Gasteiger partial charge in [-0.15, -0.1) is 0 Å². The van der Waals surface area contributed by atoms with Gasteiger partial charge in [0, 0.05) is 0 Å². The highest BCUT2D eigenvalue weighted by Crippen LogP contribution is 2.47. The maximum Gasteiger partial charge on any atom is 0.325 e. The van der Waals surface area contributed by atoms with Gasteiger partial charge in [-0.05, 0) is 11.8 Å². The Kier molecular flexibility index (Phi) is 7.06. The molecule has 10 nitrogen and oxygen atoms in total. The molecule has 0 aromatic heterocycles. The lowest BCUT2D eigenvalue weighted by Gasteiger charge is -2.42. The summed E-state index contributed by atoms with van der Waals surface area (Å²) in [4.78, 5) is 9.73. The van der Waals surface area contributed by atoms with E-state index >= 15 is 0 Å². The van der Waals surface area contributed by atoms with Crippen LogP contribution >= 0.6 is 6.72 Å². The van der Waals surface area contributed by atoms with Crippen molar-refractivity contribution in [3.05, 3.63) is 0 Å². The van der Waals surface area contributed by atoms with E-state index in [1.165, 1.54) is 0 Å². The summed E-state index contributed by atoms with van der Waals surface area (Å²) < 4.78 is 9.50. The zero-order valence-corrected chi connectivity index (χ0v) is 12.4. The van der Waals surface area contributed by atoms with E-state index in [-0.39, 0.29) is 0 Å². The van der Waals surface area contributed by atoms with Crippen LogP contribution in [0.2, 0.25) is 0 Å². The van der Waals surface area contributed by atoms with Crippen LogP contribution in [0, 0.1) is 0 Å². The third kappa shape index (κ3) is 4.86. The van der Waals surface area contributed by atoms with Crippen LogP contribution in [0.5, 0.6) is 0 Å². The monoisotopic (exact) mass is 350 g/mol. The van der Waals surface area contributed by atoms with Gasteiger partial charge in [0.1, 0.15) is 42.7 Å². The van der Waals surface area contributed by atoms with Crippen molar-refractivity contribution in [1.82, 2.24) is 0 Å². The largest absolute Gasteiger partial charge is 0.394 e. The van der Waals surface area contributed by atoms with Crippen molar-refractivity contribution in [2.24, 2.45) is 0 Å². The van der Waals surface area contributed by atoms with Crippen molar-refractivity contribution in [1.29, 1.82) is 0 Å². The first-order chi connectivity index (χ1) is 9.60. The molecular formula is C9H19O10PS. The summed E-state index contributed by atoms with van der Waals surface area (Å²) in [6.45, 7) is -5.24. The molecule has 12 heteroatoms. The van der Waals surface area contributed by atoms with Crippen LogP contribution in [0.3, 0.4) is 0 Å². The van der Waals surface area contributed by atoms with E-state index < -0.39 is 62.7 Å². The van der Waals surface area contributed by atoms with E-state index in [0.29, 0.717) is 0 Å². The van der Waals surface area contributed by atoms with Crippen LogP contribution in [0.25, 0.3) is 0 Å². The standard InChI is InChI=1S/C9H19O10PS/c10-1-3(11)2-18-20(17,21)19-9-7(15)5(13)4(12)6(14)8(9)16/h3-16H,1-2H2,(H,17,21)/t3?,4?,5-,6+,7-,8?,9?,20?/m1/s1. The molecule has 8 atom stereocenters. The molecule has 0 spiro atoms. The number of rotatable bonds is 6. The third-order valence-electron chi connectivity index (χ3n) is 2.97. The van der Waals surface area contributed by atoms with Crippen molar-refractivity contribution in [3.63, 3.8) is 0 Å². The molecule has 0 aromatic carbocycles. The summed E-state index contributed by atoms with van der Waals surface area (Å²) in [5, 5.41) is 65.4. The Hall–Kier alpha value is 0.250. The van der Waals surface area contributed by atoms with Gasteiger partial charge in [0.05, 0.1) is 13.2 Å². The van der Waals surface area contributed by atoms with E-state index in [9.17, 15) is 30.4 Å². The maximum atomic E-state index is 9.73. The fraction of sp³-hybridized carbons (Fsp3) is 1.00. The Morgan fingerprint density at radius 2 is 1.38 bits per heavy atom. The molecule has 1 aliphatic carbocycles. The number of hydrogen-bond donors (Lipinski definition) is 8. The molecule has 1 aliphatic rings. The van der Waals surface area contributed by atoms with Crippen LogP contribution in [-0.2, 0) is 20.9 Å². The van der Waals surface area contributed by atoms with E-state index in [0.717, 1.165) is 0 Å². The molecule has 0 radical (unpaired) electrons. The third-order valence-corrected chi connectivity index (χ3v) is 4.53. The van der Waals surface area contributed by atoms with Gasteiger partial charge in [-0.3, -0.25) is 4.52 Å². The Morgan fingerprint density at radius 1 is 0.952 bits per heavy atom. The van der Waals surface area contributed by atoms with Gasteiger partial charge < -0.3 is 45.2 Å². The lowest BCUT2D eigenvalue weighted by molar-refractivity contribution is -0.218. The molecule has 0 aliphatic heterocycles. The molecule has 1 rings (SSSR count). The average Bonchev–Trinajstić information content (AvgIpc) is 2.45. The Balaban J connectivity index is 2.72. The van der Waals surface area contributed by atoms with Gasteiger partial charge in [0.25, 0.3) is 0 Å². The molecule has 126 valence electrons. The van der Waals surface area contributed by atoms with Crippen molar-refractivity contribution in [2.45, 2.75) is 42.7 Å². The highest BCUT2D eigenvalue weighted by Gasteiger charge is 2.50. The molecule has 1 saturated carbocycles. The molecule has 5 unspecified atom stereocenters. The Bertz CT molecular complexity index is 368. The van der Waals surface area contributed by atoms with Crippen LogP contribution in [0.15, 0.2) is 0 Å². The predicted octanol–water partition coefficient (Wildman–Crippen LogP) is -4.22. The maximum absolute atomic E-state index is 9.73. The molecule has 0 amide bonds. The second kappa shape index (κ2) is 7.68. The molecular weight excluding hydrogens is 331 g/mol. The topological polar surface area (TPSA) is 180 Å². The second-order valence-corrected chi connectivity index (χ2v) is 7.41. The summed E-state index contributed by atoms with van der Waals surface area (Å²) >= 11 is 4.58. The Morgan fingerprint density at radius 3 is 1.81 bits per heavy atom. The van der Waals surface area contributed by atoms with Crippen molar-refractivity contribution >= 4 is 18.5 Å². The predicted molar refractivity (Wildman–Crippen MR) is 70.5 cm³/mol. The SMILES string of the molecule is OCC(O)COP(O)(=S)OC1C(O)[C@@H](O)C(O)[C@@H](O)[C@H]1O. The van der Waals surface area contributed by atoms with Crippen molar-refractivity contribution in [2.75, 3.05) is 13.2 Å². The normalized spacial score (nSPS) is 41.5. The summed E-state index contributed by atoms with van der Waals surface area (Å²) in [6.07, 6.45) is -12.2. The van der Waals surface area contributed by atoms with Crippen LogP contribution in [-0.4, -0.2) is 96.6 Å². The fourth-order valence-corrected chi connectivity index (χ4v) is 3.20. The zero-order chi connectivity index (χ0) is 16.4. The number of hydrogen-bond acceptors (Lipinski definition) is 10. The summed E-state index contributed by atoms with van der Waals surface area (Å²) in [6, 6.07) is 0. The quantitative estimate of drug-likeness (QED) is 0.217. The van der Waals surface area contributed by atoms with Gasteiger partial charge in [0.15, 0.2) is 0 Å². The summed E-state index contributed by atoms with van der Waals surface area (Å²) in [7, 11) is 0. The van der Waals surface area contributed by atoms with Crippen LogP contribution in [0.1, 0.15) is 0 Å². The first-order valence-corrected chi connectivity index (χ1v) is 8.54. The van der Waals surface area contributed by atoms with Crippen LogP contribution < -0.4 is 0 Å². The fourth-order valence-electron chi connectivity index (χ4n) is 1.74. The smallest absolute Gasteiger partial charge is 0.325 e. The summed E-state index contributed by atoms with van der Waals surface area (Å²) in [5.41, 5.74) is 0. The van der Waals surface area contributed by atoms with Crippen molar-refractivity contribution < 1.29 is 49.7 Å². The number of aliphatic hydroxyl groups excluding tert-OH is 7. The number of aliphatic hydroxyl groups is 7. The average molecular weight is 350 g/mol. The zero-order valence-electron chi connectivity index (χ0n) is 10.7.